The molecule has 1 atom stereocenters. The highest BCUT2D eigenvalue weighted by atomic mass is 79.9. The van der Waals surface area contributed by atoms with Crippen LogP contribution in [-0.2, 0) is 0 Å². The Kier molecular flexibility index (Phi) is 5.43. The molecule has 5 nitrogen and oxygen atoms in total. The Balaban J connectivity index is 1.64. The molecule has 1 aromatic heterocycles. The van der Waals surface area contributed by atoms with E-state index in [2.05, 4.69) is 31.0 Å². The van der Waals surface area contributed by atoms with Crippen molar-refractivity contribution >= 4 is 32.7 Å². The molecule has 0 aliphatic heterocycles. The number of hydrogen-bond donors (Lipinski definition) is 3. The molecule has 0 spiro atoms. The summed E-state index contributed by atoms with van der Waals surface area (Å²) in [6.07, 6.45) is -4.29. The fourth-order valence-corrected chi connectivity index (χ4v) is 3.19. The third-order valence-electron chi connectivity index (χ3n) is 3.85. The van der Waals surface area contributed by atoms with Gasteiger partial charge in [-0.15, -0.1) is 13.2 Å². The number of fused-ring (bicyclic) bond motifs is 1. The molecule has 3 N–H and O–H groups in total. The highest BCUT2D eigenvalue weighted by molar-refractivity contribution is 9.10. The van der Waals surface area contributed by atoms with E-state index in [1.165, 1.54) is 12.1 Å². The van der Waals surface area contributed by atoms with Crippen molar-refractivity contribution in [3.63, 3.8) is 0 Å². The molecule has 0 radical (unpaired) electrons. The molecule has 1 amide bonds. The van der Waals surface area contributed by atoms with Gasteiger partial charge in [0.1, 0.15) is 5.75 Å². The third-order valence-corrected chi connectivity index (χ3v) is 4.51. The molecule has 0 saturated carbocycles. The molecule has 2 aromatic carbocycles. The third kappa shape index (κ3) is 4.61. The summed E-state index contributed by atoms with van der Waals surface area (Å²) in [5.74, 6) is -0.768. The minimum Gasteiger partial charge on any atom is -0.406 e. The van der Waals surface area contributed by atoms with E-state index < -0.39 is 12.5 Å². The lowest BCUT2D eigenvalue weighted by Gasteiger charge is -2.14. The second-order valence-electron chi connectivity index (χ2n) is 5.71. The standard InChI is InChI=1S/C18H14BrF3N2O3/c19-13-2-1-3-14-16(13)12(8-23-14)17(26)24-9-15(25)10-4-6-11(7-5-10)27-18(20,21)22/h1-8,15,23,25H,9H2,(H,24,26). The predicted molar refractivity (Wildman–Crippen MR) is 96.4 cm³/mol. The molecular formula is C18H14BrF3N2O3. The van der Waals surface area contributed by atoms with Gasteiger partial charge in [0.2, 0.25) is 0 Å². The number of aliphatic hydroxyl groups is 1. The summed E-state index contributed by atoms with van der Waals surface area (Å²) in [6, 6.07) is 10.3. The number of nitrogens with one attached hydrogen (secondary N) is 2. The van der Waals surface area contributed by atoms with Gasteiger partial charge in [0, 0.05) is 28.1 Å². The first-order valence-corrected chi connectivity index (χ1v) is 8.61. The summed E-state index contributed by atoms with van der Waals surface area (Å²) in [7, 11) is 0. The van der Waals surface area contributed by atoms with Crippen LogP contribution in [0.5, 0.6) is 5.75 Å². The van der Waals surface area contributed by atoms with Crippen LogP contribution >= 0.6 is 15.9 Å². The Morgan fingerprint density at radius 2 is 1.93 bits per heavy atom. The SMILES string of the molecule is O=C(NCC(O)c1ccc(OC(F)(F)F)cc1)c1c[nH]c2cccc(Br)c12. The van der Waals surface area contributed by atoms with Gasteiger partial charge in [-0.2, -0.15) is 0 Å². The molecule has 0 aliphatic carbocycles. The van der Waals surface area contributed by atoms with Gasteiger partial charge in [-0.25, -0.2) is 0 Å². The van der Waals surface area contributed by atoms with E-state index in [4.69, 9.17) is 0 Å². The van der Waals surface area contributed by atoms with Gasteiger partial charge in [0.15, 0.2) is 0 Å². The predicted octanol–water partition coefficient (Wildman–Crippen LogP) is 4.29. The van der Waals surface area contributed by atoms with E-state index in [0.717, 1.165) is 27.5 Å². The zero-order chi connectivity index (χ0) is 19.6. The maximum Gasteiger partial charge on any atom is 0.573 e. The Morgan fingerprint density at radius 3 is 2.59 bits per heavy atom. The Labute approximate surface area is 160 Å². The number of aromatic nitrogens is 1. The first-order valence-electron chi connectivity index (χ1n) is 7.82. The first kappa shape index (κ1) is 19.2. The zero-order valence-corrected chi connectivity index (χ0v) is 15.3. The topological polar surface area (TPSA) is 74.3 Å². The second-order valence-corrected chi connectivity index (χ2v) is 6.56. The fraction of sp³-hybridized carbons (Fsp3) is 0.167. The van der Waals surface area contributed by atoms with Crippen LogP contribution in [0.1, 0.15) is 22.0 Å². The van der Waals surface area contributed by atoms with E-state index in [9.17, 15) is 23.1 Å². The summed E-state index contributed by atoms with van der Waals surface area (Å²) in [6.45, 7) is -0.102. The smallest absolute Gasteiger partial charge is 0.406 e. The highest BCUT2D eigenvalue weighted by Gasteiger charge is 2.31. The monoisotopic (exact) mass is 442 g/mol. The number of amides is 1. The van der Waals surface area contributed by atoms with E-state index in [1.54, 1.807) is 6.20 Å². The Hall–Kier alpha value is -2.52. The molecule has 3 rings (SSSR count). The summed E-state index contributed by atoms with van der Waals surface area (Å²) >= 11 is 3.40. The van der Waals surface area contributed by atoms with Crippen LogP contribution in [0.15, 0.2) is 53.1 Å². The van der Waals surface area contributed by atoms with Crippen LogP contribution in [0.25, 0.3) is 10.9 Å². The van der Waals surface area contributed by atoms with Crippen molar-refractivity contribution < 1.29 is 27.8 Å². The quantitative estimate of drug-likeness (QED) is 0.551. The van der Waals surface area contributed by atoms with Crippen molar-refractivity contribution in [3.05, 3.63) is 64.3 Å². The minimum atomic E-state index is -4.78. The molecular weight excluding hydrogens is 429 g/mol. The molecule has 9 heteroatoms. The van der Waals surface area contributed by atoms with E-state index >= 15 is 0 Å². The summed E-state index contributed by atoms with van der Waals surface area (Å²) < 4.78 is 41.0. The Bertz CT molecular complexity index is 955. The molecule has 0 saturated heterocycles. The number of halogens is 4. The lowest BCUT2D eigenvalue weighted by atomic mass is 10.1. The van der Waals surface area contributed by atoms with Gasteiger partial charge >= 0.3 is 6.36 Å². The van der Waals surface area contributed by atoms with Crippen molar-refractivity contribution in [1.29, 1.82) is 0 Å². The van der Waals surface area contributed by atoms with Crippen LogP contribution in [0.2, 0.25) is 0 Å². The molecule has 0 bridgehead atoms. The molecule has 142 valence electrons. The number of hydrogen-bond acceptors (Lipinski definition) is 3. The average Bonchev–Trinajstić information content (AvgIpc) is 3.04. The molecule has 1 unspecified atom stereocenters. The molecule has 27 heavy (non-hydrogen) atoms. The normalized spacial score (nSPS) is 12.8. The summed E-state index contributed by atoms with van der Waals surface area (Å²) in [4.78, 5) is 15.4. The van der Waals surface area contributed by atoms with E-state index in [-0.39, 0.29) is 18.2 Å². The second kappa shape index (κ2) is 7.61. The molecule has 3 aromatic rings. The summed E-state index contributed by atoms with van der Waals surface area (Å²) in [5.41, 5.74) is 1.55. The first-order chi connectivity index (χ1) is 12.7. The van der Waals surface area contributed by atoms with Gasteiger partial charge in [-0.05, 0) is 29.8 Å². The molecule has 0 aliphatic rings. The zero-order valence-electron chi connectivity index (χ0n) is 13.7. The largest absolute Gasteiger partial charge is 0.573 e. The molecule has 0 fully saturated rings. The van der Waals surface area contributed by atoms with Crippen molar-refractivity contribution in [3.8, 4) is 5.75 Å². The average molecular weight is 443 g/mol. The number of alkyl halides is 3. The lowest BCUT2D eigenvalue weighted by Crippen LogP contribution is -2.28. The minimum absolute atomic E-state index is 0.102. The van der Waals surface area contributed by atoms with Gasteiger partial charge in [0.05, 0.1) is 11.7 Å². The Morgan fingerprint density at radius 1 is 1.22 bits per heavy atom. The number of rotatable bonds is 5. The van der Waals surface area contributed by atoms with Crippen LogP contribution in [0.3, 0.4) is 0 Å². The number of H-pyrrole nitrogens is 1. The lowest BCUT2D eigenvalue weighted by molar-refractivity contribution is -0.274. The van der Waals surface area contributed by atoms with E-state index in [1.807, 2.05) is 18.2 Å². The van der Waals surface area contributed by atoms with Gasteiger partial charge < -0.3 is 20.1 Å². The number of carbonyl (C=O) groups excluding carboxylic acids is 1. The number of carbonyl (C=O) groups is 1. The van der Waals surface area contributed by atoms with Gasteiger partial charge in [-0.3, -0.25) is 4.79 Å². The van der Waals surface area contributed by atoms with Crippen molar-refractivity contribution in [2.45, 2.75) is 12.5 Å². The van der Waals surface area contributed by atoms with Crippen molar-refractivity contribution in [2.24, 2.45) is 0 Å². The van der Waals surface area contributed by atoms with Gasteiger partial charge in [-0.1, -0.05) is 34.1 Å². The fourth-order valence-electron chi connectivity index (χ4n) is 2.61. The van der Waals surface area contributed by atoms with Crippen LogP contribution in [0, 0.1) is 0 Å². The van der Waals surface area contributed by atoms with Gasteiger partial charge in [0.25, 0.3) is 5.91 Å². The number of ether oxygens (including phenoxy) is 1. The van der Waals surface area contributed by atoms with Crippen LogP contribution in [-0.4, -0.2) is 28.9 Å². The van der Waals surface area contributed by atoms with Crippen molar-refractivity contribution in [1.82, 2.24) is 10.3 Å². The van der Waals surface area contributed by atoms with Crippen LogP contribution in [0.4, 0.5) is 13.2 Å². The maximum absolute atomic E-state index is 12.4. The number of aromatic amines is 1. The van der Waals surface area contributed by atoms with Crippen molar-refractivity contribution in [2.75, 3.05) is 6.54 Å². The van der Waals surface area contributed by atoms with Crippen LogP contribution < -0.4 is 10.1 Å². The molecule has 1 heterocycles. The van der Waals surface area contributed by atoms with E-state index in [0.29, 0.717) is 11.1 Å². The summed E-state index contributed by atoms with van der Waals surface area (Å²) in [5, 5.41) is 13.5. The number of aliphatic hydroxyl groups excluding tert-OH is 1. The number of benzene rings is 2. The maximum atomic E-state index is 12.4. The highest BCUT2D eigenvalue weighted by Crippen LogP contribution is 2.27.